The van der Waals surface area contributed by atoms with Crippen molar-refractivity contribution in [1.82, 2.24) is 4.98 Å². The maximum Gasteiger partial charge on any atom is 0.0766 e. The van der Waals surface area contributed by atoms with Gasteiger partial charge in [0.15, 0.2) is 0 Å². The van der Waals surface area contributed by atoms with Crippen LogP contribution in [0, 0.1) is 5.41 Å². The highest BCUT2D eigenvalue weighted by atomic mass is 16.5. The van der Waals surface area contributed by atoms with E-state index in [1.165, 1.54) is 31.4 Å². The van der Waals surface area contributed by atoms with E-state index in [1.807, 2.05) is 12.4 Å². The van der Waals surface area contributed by atoms with Crippen molar-refractivity contribution < 1.29 is 4.74 Å². The van der Waals surface area contributed by atoms with Crippen molar-refractivity contribution in [3.63, 3.8) is 0 Å². The molecule has 0 aromatic carbocycles. The molecule has 1 aromatic heterocycles. The highest BCUT2D eigenvalue weighted by molar-refractivity contribution is 5.68. The van der Waals surface area contributed by atoms with Crippen LogP contribution in [-0.2, 0) is 4.74 Å². The molecule has 2 atom stereocenters. The molecular weight excluding hydrogens is 262 g/mol. The van der Waals surface area contributed by atoms with Gasteiger partial charge in [0.1, 0.15) is 0 Å². The van der Waals surface area contributed by atoms with Gasteiger partial charge in [0.2, 0.25) is 0 Å². The van der Waals surface area contributed by atoms with Gasteiger partial charge in [-0.05, 0) is 32.3 Å². The quantitative estimate of drug-likeness (QED) is 0.902. The lowest BCUT2D eigenvalue weighted by Gasteiger charge is -2.54. The van der Waals surface area contributed by atoms with E-state index < -0.39 is 0 Å². The second-order valence-electron chi connectivity index (χ2n) is 6.60. The van der Waals surface area contributed by atoms with E-state index in [1.54, 1.807) is 0 Å². The van der Waals surface area contributed by atoms with Crippen LogP contribution in [0.25, 0.3) is 0 Å². The van der Waals surface area contributed by atoms with E-state index in [4.69, 9.17) is 4.74 Å². The third-order valence-electron chi connectivity index (χ3n) is 5.30. The Morgan fingerprint density at radius 2 is 2.14 bits per heavy atom. The summed E-state index contributed by atoms with van der Waals surface area (Å²) >= 11 is 0. The lowest BCUT2D eigenvalue weighted by atomic mass is 9.60. The minimum Gasteiger partial charge on any atom is -0.379 e. The predicted octanol–water partition coefficient (Wildman–Crippen LogP) is 3.30. The normalized spacial score (nSPS) is 26.6. The minimum absolute atomic E-state index is 0.357. The van der Waals surface area contributed by atoms with Crippen LogP contribution in [0.4, 0.5) is 11.4 Å². The zero-order valence-corrected chi connectivity index (χ0v) is 13.4. The molecule has 0 aliphatic heterocycles. The first-order valence-electron chi connectivity index (χ1n) is 8.17. The number of rotatable bonds is 5. The molecule has 2 aliphatic rings. The zero-order valence-electron chi connectivity index (χ0n) is 13.4. The highest BCUT2D eigenvalue weighted by Crippen LogP contribution is 2.55. The second kappa shape index (κ2) is 5.84. The van der Waals surface area contributed by atoms with Crippen LogP contribution >= 0.6 is 0 Å². The van der Waals surface area contributed by atoms with Crippen molar-refractivity contribution in [2.24, 2.45) is 5.41 Å². The molecule has 2 saturated carbocycles. The van der Waals surface area contributed by atoms with Crippen molar-refractivity contribution in [3.05, 3.63) is 18.5 Å². The fourth-order valence-electron chi connectivity index (χ4n) is 4.16. The maximum absolute atomic E-state index is 6.00. The molecule has 2 fully saturated rings. The molecule has 1 aromatic rings. The first-order valence-corrected chi connectivity index (χ1v) is 8.17. The molecule has 0 bridgehead atoms. The van der Waals surface area contributed by atoms with Gasteiger partial charge in [-0.15, -0.1) is 0 Å². The van der Waals surface area contributed by atoms with Crippen LogP contribution in [0.1, 0.15) is 39.0 Å². The molecule has 1 N–H and O–H groups in total. The van der Waals surface area contributed by atoms with Gasteiger partial charge in [-0.2, -0.15) is 0 Å². The maximum atomic E-state index is 6.00. The molecule has 21 heavy (non-hydrogen) atoms. The summed E-state index contributed by atoms with van der Waals surface area (Å²) in [6.45, 7) is 2.93. The smallest absolute Gasteiger partial charge is 0.0766 e. The number of hydrogen-bond acceptors (Lipinski definition) is 4. The Bertz CT molecular complexity index is 483. The Morgan fingerprint density at radius 1 is 1.38 bits per heavy atom. The van der Waals surface area contributed by atoms with Gasteiger partial charge < -0.3 is 15.0 Å². The summed E-state index contributed by atoms with van der Waals surface area (Å²) in [6.07, 6.45) is 10.7. The molecule has 3 rings (SSSR count). The van der Waals surface area contributed by atoms with Crippen LogP contribution in [0.15, 0.2) is 18.5 Å². The van der Waals surface area contributed by atoms with Gasteiger partial charge in [0.05, 0.1) is 23.7 Å². The van der Waals surface area contributed by atoms with Gasteiger partial charge in [-0.25, -0.2) is 0 Å². The molecule has 2 unspecified atom stereocenters. The third-order valence-corrected chi connectivity index (χ3v) is 5.30. The Morgan fingerprint density at radius 3 is 2.81 bits per heavy atom. The Hall–Kier alpha value is -1.29. The summed E-state index contributed by atoms with van der Waals surface area (Å²) in [5.74, 6) is 0. The molecule has 1 spiro atoms. The summed E-state index contributed by atoms with van der Waals surface area (Å²) in [4.78, 5) is 6.43. The van der Waals surface area contributed by atoms with Crippen LogP contribution < -0.4 is 10.2 Å². The highest BCUT2D eigenvalue weighted by Gasteiger charge is 2.56. The molecule has 1 heterocycles. The van der Waals surface area contributed by atoms with E-state index in [0.717, 1.165) is 18.7 Å². The van der Waals surface area contributed by atoms with Gasteiger partial charge in [0, 0.05) is 38.4 Å². The lowest BCUT2D eigenvalue weighted by Crippen LogP contribution is -2.60. The van der Waals surface area contributed by atoms with Crippen molar-refractivity contribution in [2.45, 2.75) is 51.2 Å². The minimum atomic E-state index is 0.357. The molecule has 116 valence electrons. The number of nitrogens with zero attached hydrogens (tertiary/aromatic N) is 2. The SMILES string of the molecule is CCOC1CC(Nc2cnccc2N(C)C)C12CCCC2. The van der Waals surface area contributed by atoms with Crippen molar-refractivity contribution in [1.29, 1.82) is 0 Å². The Kier molecular flexibility index (Phi) is 4.07. The number of pyridine rings is 1. The van der Waals surface area contributed by atoms with Gasteiger partial charge >= 0.3 is 0 Å². The molecule has 0 amide bonds. The second-order valence-corrected chi connectivity index (χ2v) is 6.60. The number of hydrogen-bond donors (Lipinski definition) is 1. The fourth-order valence-corrected chi connectivity index (χ4v) is 4.16. The number of anilines is 2. The standard InChI is InChI=1S/C17H27N3O/c1-4-21-16-11-15(17(16)8-5-6-9-17)19-13-12-18-10-7-14(13)20(2)3/h7,10,12,15-16,19H,4-6,8-9,11H2,1-3H3. The average molecular weight is 289 g/mol. The first kappa shape index (κ1) is 14.6. The summed E-state index contributed by atoms with van der Waals surface area (Å²) < 4.78 is 6.00. The molecule has 4 nitrogen and oxygen atoms in total. The molecule has 2 aliphatic carbocycles. The first-order chi connectivity index (χ1) is 10.2. The molecule has 0 radical (unpaired) electrons. The number of ether oxygens (including phenoxy) is 1. The van der Waals surface area contributed by atoms with Crippen LogP contribution in [-0.4, -0.2) is 37.8 Å². The van der Waals surface area contributed by atoms with Crippen molar-refractivity contribution >= 4 is 11.4 Å². The van der Waals surface area contributed by atoms with Gasteiger partial charge in [0.25, 0.3) is 0 Å². The van der Waals surface area contributed by atoms with E-state index in [2.05, 4.69) is 42.3 Å². The fraction of sp³-hybridized carbons (Fsp3) is 0.706. The molecule has 4 heteroatoms. The van der Waals surface area contributed by atoms with Crippen molar-refractivity contribution in [2.75, 3.05) is 30.9 Å². The lowest BCUT2D eigenvalue weighted by molar-refractivity contribution is -0.114. The third kappa shape index (κ3) is 2.50. The Labute approximate surface area is 127 Å². The van der Waals surface area contributed by atoms with E-state index in [-0.39, 0.29) is 0 Å². The Balaban J connectivity index is 1.77. The largest absolute Gasteiger partial charge is 0.379 e. The molecular formula is C17H27N3O. The molecule has 0 saturated heterocycles. The summed E-state index contributed by atoms with van der Waals surface area (Å²) in [5, 5.41) is 3.77. The summed E-state index contributed by atoms with van der Waals surface area (Å²) in [6, 6.07) is 2.60. The van der Waals surface area contributed by atoms with E-state index in [9.17, 15) is 0 Å². The van der Waals surface area contributed by atoms with Gasteiger partial charge in [-0.1, -0.05) is 12.8 Å². The van der Waals surface area contributed by atoms with Gasteiger partial charge in [-0.3, -0.25) is 4.98 Å². The number of nitrogens with one attached hydrogen (secondary N) is 1. The van der Waals surface area contributed by atoms with Crippen LogP contribution in [0.3, 0.4) is 0 Å². The van der Waals surface area contributed by atoms with E-state index in [0.29, 0.717) is 17.6 Å². The van der Waals surface area contributed by atoms with Crippen molar-refractivity contribution in [3.8, 4) is 0 Å². The van der Waals surface area contributed by atoms with E-state index >= 15 is 0 Å². The number of aromatic nitrogens is 1. The van der Waals surface area contributed by atoms with Crippen LogP contribution in [0.5, 0.6) is 0 Å². The monoisotopic (exact) mass is 289 g/mol. The summed E-state index contributed by atoms with van der Waals surface area (Å²) in [5.41, 5.74) is 2.71. The topological polar surface area (TPSA) is 37.4 Å². The zero-order chi connectivity index (χ0) is 14.9. The van der Waals surface area contributed by atoms with Crippen LogP contribution in [0.2, 0.25) is 0 Å². The summed E-state index contributed by atoms with van der Waals surface area (Å²) in [7, 11) is 4.16. The average Bonchev–Trinajstić information content (AvgIpc) is 2.99. The predicted molar refractivity (Wildman–Crippen MR) is 86.9 cm³/mol.